The van der Waals surface area contributed by atoms with Gasteiger partial charge in [-0.2, -0.15) is 4.57 Å². The van der Waals surface area contributed by atoms with E-state index in [4.69, 9.17) is 9.47 Å². The van der Waals surface area contributed by atoms with Crippen molar-refractivity contribution in [2.24, 2.45) is 11.8 Å². The molecule has 5 heteroatoms. The zero-order valence-corrected chi connectivity index (χ0v) is 11.6. The highest BCUT2D eigenvalue weighted by Crippen LogP contribution is 2.31. The fraction of sp³-hybridized carbons (Fsp3) is 0.400. The van der Waals surface area contributed by atoms with Gasteiger partial charge in [-0.3, -0.25) is 9.59 Å². The number of pyridine rings is 1. The van der Waals surface area contributed by atoms with Crippen molar-refractivity contribution in [2.75, 3.05) is 14.2 Å². The molecule has 0 fully saturated rings. The number of carbonyl (C=O) groups is 2. The molecule has 106 valence electrons. The van der Waals surface area contributed by atoms with Crippen LogP contribution in [0.2, 0.25) is 0 Å². The maximum absolute atomic E-state index is 11.9. The zero-order valence-electron chi connectivity index (χ0n) is 11.6. The van der Waals surface area contributed by atoms with E-state index in [9.17, 15) is 9.59 Å². The fourth-order valence-corrected chi connectivity index (χ4v) is 2.49. The summed E-state index contributed by atoms with van der Waals surface area (Å²) < 4.78 is 11.5. The smallest absolute Gasteiger partial charge is 0.310 e. The second kappa shape index (κ2) is 6.32. The highest BCUT2D eigenvalue weighted by Gasteiger charge is 2.40. The summed E-state index contributed by atoms with van der Waals surface area (Å²) in [5.41, 5.74) is 0.987. The Kier molecular flexibility index (Phi) is 4.50. The number of allylic oxidation sites excluding steroid dienone is 2. The standard InChI is InChI=1S/C15H18NO4/c1-19-14(17)12-7-6-11(10-13(12)15(18)20-2)16-8-4-3-5-9-16/h3-6,8-9,12-13H,7,10H2,1-2H3/q+1/t12-,13-/m1/s1. The molecule has 1 aromatic rings. The molecule has 1 aromatic heterocycles. The van der Waals surface area contributed by atoms with Crippen LogP contribution in [0.25, 0.3) is 5.70 Å². The number of ether oxygens (including phenoxy) is 2. The number of nitrogens with zero attached hydrogens (tertiary/aromatic N) is 1. The summed E-state index contributed by atoms with van der Waals surface area (Å²) in [6.45, 7) is 0. The molecule has 1 aliphatic carbocycles. The summed E-state index contributed by atoms with van der Waals surface area (Å²) in [4.78, 5) is 23.7. The van der Waals surface area contributed by atoms with Gasteiger partial charge in [-0.1, -0.05) is 6.07 Å². The molecule has 0 bridgehead atoms. The van der Waals surface area contributed by atoms with Gasteiger partial charge in [-0.25, -0.2) is 0 Å². The molecule has 2 atom stereocenters. The molecule has 0 radical (unpaired) electrons. The van der Waals surface area contributed by atoms with Crippen molar-refractivity contribution in [3.8, 4) is 0 Å². The molecular weight excluding hydrogens is 258 g/mol. The Hall–Kier alpha value is -2.17. The SMILES string of the molecule is COC(=O)[C@@H]1CC=C([n+]2ccccc2)C[C@H]1C(=O)OC. The second-order valence-electron chi connectivity index (χ2n) is 4.68. The monoisotopic (exact) mass is 276 g/mol. The summed E-state index contributed by atoms with van der Waals surface area (Å²) in [5.74, 6) is -1.71. The highest BCUT2D eigenvalue weighted by molar-refractivity contribution is 5.83. The number of aromatic nitrogens is 1. The van der Waals surface area contributed by atoms with Gasteiger partial charge >= 0.3 is 11.9 Å². The lowest BCUT2D eigenvalue weighted by Gasteiger charge is -2.25. The van der Waals surface area contributed by atoms with Gasteiger partial charge in [0, 0.05) is 18.6 Å². The van der Waals surface area contributed by atoms with Crippen molar-refractivity contribution >= 4 is 17.6 Å². The van der Waals surface area contributed by atoms with Crippen LogP contribution in [0.3, 0.4) is 0 Å². The van der Waals surface area contributed by atoms with Crippen molar-refractivity contribution in [3.05, 3.63) is 36.7 Å². The van der Waals surface area contributed by atoms with Gasteiger partial charge in [0.25, 0.3) is 0 Å². The Balaban J connectivity index is 2.27. The summed E-state index contributed by atoms with van der Waals surface area (Å²) in [6, 6.07) is 5.76. The van der Waals surface area contributed by atoms with Gasteiger partial charge in [0.2, 0.25) is 0 Å². The van der Waals surface area contributed by atoms with E-state index in [-0.39, 0.29) is 11.9 Å². The number of hydrogen-bond donors (Lipinski definition) is 0. The molecule has 0 saturated carbocycles. The lowest BCUT2D eigenvalue weighted by Crippen LogP contribution is -2.40. The van der Waals surface area contributed by atoms with Crippen LogP contribution in [-0.2, 0) is 19.1 Å². The second-order valence-corrected chi connectivity index (χ2v) is 4.68. The van der Waals surface area contributed by atoms with Crippen LogP contribution in [0.15, 0.2) is 36.7 Å². The molecule has 1 aliphatic rings. The molecule has 0 aliphatic heterocycles. The van der Waals surface area contributed by atoms with Crippen LogP contribution in [0.4, 0.5) is 0 Å². The fourth-order valence-electron chi connectivity index (χ4n) is 2.49. The molecular formula is C15H18NO4+. The van der Waals surface area contributed by atoms with Crippen molar-refractivity contribution in [3.63, 3.8) is 0 Å². The van der Waals surface area contributed by atoms with Crippen molar-refractivity contribution in [1.29, 1.82) is 0 Å². The lowest BCUT2D eigenvalue weighted by atomic mass is 9.81. The molecule has 1 heterocycles. The van der Waals surface area contributed by atoms with Gasteiger partial charge in [-0.15, -0.1) is 0 Å². The van der Waals surface area contributed by atoms with Crippen molar-refractivity contribution < 1.29 is 23.6 Å². The minimum absolute atomic E-state index is 0.367. The van der Waals surface area contributed by atoms with Crippen LogP contribution in [-0.4, -0.2) is 26.2 Å². The predicted molar refractivity (Wildman–Crippen MR) is 71.2 cm³/mol. The molecule has 5 nitrogen and oxygen atoms in total. The van der Waals surface area contributed by atoms with Gasteiger partial charge in [0.1, 0.15) is 0 Å². The third-order valence-corrected chi connectivity index (χ3v) is 3.58. The summed E-state index contributed by atoms with van der Waals surface area (Å²) in [6.07, 6.45) is 6.74. The third kappa shape index (κ3) is 2.87. The van der Waals surface area contributed by atoms with E-state index in [0.29, 0.717) is 12.8 Å². The van der Waals surface area contributed by atoms with Crippen molar-refractivity contribution in [2.45, 2.75) is 12.8 Å². The van der Waals surface area contributed by atoms with Gasteiger partial charge in [-0.05, 0) is 12.5 Å². The molecule has 0 N–H and O–H groups in total. The Morgan fingerprint density at radius 1 is 1.05 bits per heavy atom. The van der Waals surface area contributed by atoms with E-state index in [0.717, 1.165) is 5.70 Å². The highest BCUT2D eigenvalue weighted by atomic mass is 16.5. The average molecular weight is 276 g/mol. The average Bonchev–Trinajstić information content (AvgIpc) is 2.53. The van der Waals surface area contributed by atoms with E-state index in [1.165, 1.54) is 14.2 Å². The molecule has 2 rings (SSSR count). The summed E-state index contributed by atoms with van der Waals surface area (Å²) in [5, 5.41) is 0. The lowest BCUT2D eigenvalue weighted by molar-refractivity contribution is -0.584. The first-order chi connectivity index (χ1) is 9.67. The molecule has 0 saturated heterocycles. The number of carbonyl (C=O) groups excluding carboxylic acids is 2. The van der Waals surface area contributed by atoms with E-state index < -0.39 is 11.8 Å². The van der Waals surface area contributed by atoms with Crippen molar-refractivity contribution in [1.82, 2.24) is 0 Å². The Labute approximate surface area is 117 Å². The molecule has 20 heavy (non-hydrogen) atoms. The normalized spacial score (nSPS) is 21.8. The largest absolute Gasteiger partial charge is 0.469 e. The number of esters is 2. The minimum atomic E-state index is -0.500. The van der Waals surface area contributed by atoms with Crippen LogP contribution in [0.1, 0.15) is 12.8 Å². The first-order valence-corrected chi connectivity index (χ1v) is 6.48. The summed E-state index contributed by atoms with van der Waals surface area (Å²) >= 11 is 0. The topological polar surface area (TPSA) is 56.5 Å². The number of hydrogen-bond acceptors (Lipinski definition) is 4. The van der Waals surface area contributed by atoms with Gasteiger partial charge in [0.05, 0.1) is 26.1 Å². The minimum Gasteiger partial charge on any atom is -0.469 e. The van der Waals surface area contributed by atoms with E-state index >= 15 is 0 Å². The van der Waals surface area contributed by atoms with E-state index in [2.05, 4.69) is 0 Å². The van der Waals surface area contributed by atoms with Crippen LogP contribution >= 0.6 is 0 Å². The van der Waals surface area contributed by atoms with Gasteiger partial charge < -0.3 is 9.47 Å². The first kappa shape index (κ1) is 14.2. The number of rotatable bonds is 3. The quantitative estimate of drug-likeness (QED) is 0.614. The predicted octanol–water partition coefficient (Wildman–Crippen LogP) is 1.19. The Morgan fingerprint density at radius 2 is 1.65 bits per heavy atom. The van der Waals surface area contributed by atoms with Crippen LogP contribution in [0.5, 0.6) is 0 Å². The third-order valence-electron chi connectivity index (χ3n) is 3.58. The Bertz CT molecular complexity index is 524. The molecule has 0 spiro atoms. The van der Waals surface area contributed by atoms with Crippen LogP contribution < -0.4 is 4.57 Å². The van der Waals surface area contributed by atoms with E-state index in [1.54, 1.807) is 0 Å². The Morgan fingerprint density at radius 3 is 2.25 bits per heavy atom. The molecule has 0 amide bonds. The number of methoxy groups -OCH3 is 2. The molecule has 0 unspecified atom stereocenters. The summed E-state index contributed by atoms with van der Waals surface area (Å²) in [7, 11) is 2.67. The molecule has 0 aromatic carbocycles. The van der Waals surface area contributed by atoms with Crippen LogP contribution in [0, 0.1) is 11.8 Å². The van der Waals surface area contributed by atoms with Gasteiger partial charge in [0.15, 0.2) is 18.1 Å². The van der Waals surface area contributed by atoms with E-state index in [1.807, 2.05) is 41.2 Å². The first-order valence-electron chi connectivity index (χ1n) is 6.48. The zero-order chi connectivity index (χ0) is 14.5. The maximum Gasteiger partial charge on any atom is 0.310 e. The maximum atomic E-state index is 11.9.